The monoisotopic (exact) mass is 360 g/mol. The lowest BCUT2D eigenvalue weighted by Gasteiger charge is -2.27. The van der Waals surface area contributed by atoms with E-state index in [1.165, 1.54) is 0 Å². The Labute approximate surface area is 151 Å². The first kappa shape index (κ1) is 16.9. The van der Waals surface area contributed by atoms with Gasteiger partial charge in [-0.2, -0.15) is 0 Å². The summed E-state index contributed by atoms with van der Waals surface area (Å²) in [5.74, 6) is -0.0455. The van der Waals surface area contributed by atoms with Gasteiger partial charge in [0, 0.05) is 17.1 Å². The molecule has 2 N–H and O–H groups in total. The van der Waals surface area contributed by atoms with Crippen molar-refractivity contribution in [1.29, 1.82) is 0 Å². The molecule has 0 aliphatic heterocycles. The SMILES string of the molecule is CC(C)(NC(=O)Cc1c[nH]c2ccccc12)c1ccc(Cl)c(Cl)c1. The highest BCUT2D eigenvalue weighted by Crippen LogP contribution is 2.28. The number of amides is 1. The number of fused-ring (bicyclic) bond motifs is 1. The largest absolute Gasteiger partial charge is 0.361 e. The standard InChI is InChI=1S/C19H18Cl2N2O/c1-19(2,13-7-8-15(20)16(21)10-13)23-18(24)9-12-11-22-17-6-4-3-5-14(12)17/h3-8,10-11,22H,9H2,1-2H3,(H,23,24). The van der Waals surface area contributed by atoms with E-state index in [0.29, 0.717) is 16.5 Å². The molecule has 0 aliphatic rings. The minimum atomic E-state index is -0.544. The van der Waals surface area contributed by atoms with Gasteiger partial charge in [-0.05, 0) is 43.2 Å². The third-order valence-electron chi connectivity index (χ3n) is 4.12. The number of aromatic amines is 1. The molecule has 0 spiro atoms. The Morgan fingerprint density at radius 1 is 1.12 bits per heavy atom. The first-order chi connectivity index (χ1) is 11.4. The molecule has 0 fully saturated rings. The highest BCUT2D eigenvalue weighted by Gasteiger charge is 2.24. The average molecular weight is 361 g/mol. The van der Waals surface area contributed by atoms with E-state index in [4.69, 9.17) is 23.2 Å². The van der Waals surface area contributed by atoms with Gasteiger partial charge < -0.3 is 10.3 Å². The number of benzene rings is 2. The minimum Gasteiger partial charge on any atom is -0.361 e. The Morgan fingerprint density at radius 3 is 2.62 bits per heavy atom. The summed E-state index contributed by atoms with van der Waals surface area (Å²) >= 11 is 12.1. The van der Waals surface area contributed by atoms with Gasteiger partial charge in [0.1, 0.15) is 0 Å². The first-order valence-electron chi connectivity index (χ1n) is 7.68. The van der Waals surface area contributed by atoms with Crippen molar-refractivity contribution in [3.05, 3.63) is 69.8 Å². The third-order valence-corrected chi connectivity index (χ3v) is 4.86. The molecule has 3 rings (SSSR count). The molecule has 3 aromatic rings. The molecule has 5 heteroatoms. The maximum atomic E-state index is 12.5. The van der Waals surface area contributed by atoms with E-state index < -0.39 is 5.54 Å². The molecule has 0 saturated carbocycles. The maximum Gasteiger partial charge on any atom is 0.225 e. The molecule has 0 bridgehead atoms. The second kappa shape index (κ2) is 6.50. The summed E-state index contributed by atoms with van der Waals surface area (Å²) in [6.07, 6.45) is 2.20. The van der Waals surface area contributed by atoms with E-state index in [-0.39, 0.29) is 5.91 Å². The molecule has 0 unspecified atom stereocenters. The van der Waals surface area contributed by atoms with Crippen molar-refractivity contribution in [2.45, 2.75) is 25.8 Å². The van der Waals surface area contributed by atoms with Crippen molar-refractivity contribution >= 4 is 40.0 Å². The average Bonchev–Trinajstić information content (AvgIpc) is 2.92. The lowest BCUT2D eigenvalue weighted by atomic mass is 9.94. The van der Waals surface area contributed by atoms with Gasteiger partial charge in [0.05, 0.1) is 22.0 Å². The van der Waals surface area contributed by atoms with Gasteiger partial charge >= 0.3 is 0 Å². The summed E-state index contributed by atoms with van der Waals surface area (Å²) in [6.45, 7) is 3.89. The predicted octanol–water partition coefficient (Wildman–Crippen LogP) is 5.07. The second-order valence-corrected chi connectivity index (χ2v) is 7.15. The fraction of sp³-hybridized carbons (Fsp3) is 0.211. The Balaban J connectivity index is 1.77. The summed E-state index contributed by atoms with van der Waals surface area (Å²) in [5.41, 5.74) is 2.37. The van der Waals surface area contributed by atoms with Gasteiger partial charge in [-0.3, -0.25) is 4.79 Å². The number of carbonyl (C=O) groups is 1. The molecule has 1 aromatic heterocycles. The molecule has 3 nitrogen and oxygen atoms in total. The van der Waals surface area contributed by atoms with Gasteiger partial charge in [0.15, 0.2) is 0 Å². The minimum absolute atomic E-state index is 0.0455. The number of nitrogens with one attached hydrogen (secondary N) is 2. The molecule has 0 aliphatic carbocycles. The van der Waals surface area contributed by atoms with Crippen molar-refractivity contribution < 1.29 is 4.79 Å². The number of carbonyl (C=O) groups excluding carboxylic acids is 1. The van der Waals surface area contributed by atoms with Crippen molar-refractivity contribution in [3.8, 4) is 0 Å². The maximum absolute atomic E-state index is 12.5. The second-order valence-electron chi connectivity index (χ2n) is 6.34. The van der Waals surface area contributed by atoms with E-state index in [1.807, 2.05) is 50.4 Å². The molecular formula is C19H18Cl2N2O. The Hall–Kier alpha value is -1.97. The highest BCUT2D eigenvalue weighted by molar-refractivity contribution is 6.42. The summed E-state index contributed by atoms with van der Waals surface area (Å²) in [7, 11) is 0. The fourth-order valence-corrected chi connectivity index (χ4v) is 3.10. The van der Waals surface area contributed by atoms with E-state index in [2.05, 4.69) is 10.3 Å². The molecule has 0 radical (unpaired) electrons. The van der Waals surface area contributed by atoms with E-state index in [0.717, 1.165) is 22.0 Å². The molecule has 2 aromatic carbocycles. The molecule has 24 heavy (non-hydrogen) atoms. The lowest BCUT2D eigenvalue weighted by Crippen LogP contribution is -2.41. The lowest BCUT2D eigenvalue weighted by molar-refractivity contribution is -0.122. The molecule has 124 valence electrons. The van der Waals surface area contributed by atoms with Crippen LogP contribution in [0.25, 0.3) is 10.9 Å². The number of rotatable bonds is 4. The fourth-order valence-electron chi connectivity index (χ4n) is 2.80. The predicted molar refractivity (Wildman–Crippen MR) is 99.6 cm³/mol. The van der Waals surface area contributed by atoms with E-state index in [1.54, 1.807) is 12.1 Å². The van der Waals surface area contributed by atoms with Crippen LogP contribution in [0.1, 0.15) is 25.0 Å². The van der Waals surface area contributed by atoms with Gasteiger partial charge in [-0.25, -0.2) is 0 Å². The van der Waals surface area contributed by atoms with Gasteiger partial charge in [-0.1, -0.05) is 47.5 Å². The Morgan fingerprint density at radius 2 is 1.88 bits per heavy atom. The summed E-state index contributed by atoms with van der Waals surface area (Å²) in [4.78, 5) is 15.7. The van der Waals surface area contributed by atoms with Crippen molar-refractivity contribution in [1.82, 2.24) is 10.3 Å². The Kier molecular flexibility index (Phi) is 4.57. The van der Waals surface area contributed by atoms with Crippen LogP contribution in [-0.2, 0) is 16.8 Å². The van der Waals surface area contributed by atoms with Crippen molar-refractivity contribution in [2.75, 3.05) is 0 Å². The Bertz CT molecular complexity index is 899. The van der Waals surface area contributed by atoms with Crippen LogP contribution >= 0.6 is 23.2 Å². The quantitative estimate of drug-likeness (QED) is 0.670. The molecule has 0 saturated heterocycles. The van der Waals surface area contributed by atoms with Crippen LogP contribution in [0.15, 0.2) is 48.7 Å². The normalized spacial score (nSPS) is 11.7. The van der Waals surface area contributed by atoms with Crippen LogP contribution in [0.5, 0.6) is 0 Å². The molecular weight excluding hydrogens is 343 g/mol. The van der Waals surface area contributed by atoms with Crippen LogP contribution in [0.2, 0.25) is 10.0 Å². The summed E-state index contributed by atoms with van der Waals surface area (Å²) in [6, 6.07) is 13.4. The smallest absolute Gasteiger partial charge is 0.225 e. The van der Waals surface area contributed by atoms with E-state index in [9.17, 15) is 4.79 Å². The zero-order valence-corrected chi connectivity index (χ0v) is 15.0. The van der Waals surface area contributed by atoms with Gasteiger partial charge in [0.25, 0.3) is 0 Å². The van der Waals surface area contributed by atoms with Crippen LogP contribution in [0.4, 0.5) is 0 Å². The van der Waals surface area contributed by atoms with Gasteiger partial charge in [-0.15, -0.1) is 0 Å². The van der Waals surface area contributed by atoms with Crippen LogP contribution in [-0.4, -0.2) is 10.9 Å². The highest BCUT2D eigenvalue weighted by atomic mass is 35.5. The number of H-pyrrole nitrogens is 1. The number of aromatic nitrogens is 1. The number of hydrogen-bond acceptors (Lipinski definition) is 1. The van der Waals surface area contributed by atoms with Crippen LogP contribution in [0, 0.1) is 0 Å². The summed E-state index contributed by atoms with van der Waals surface area (Å²) < 4.78 is 0. The number of halogens is 2. The first-order valence-corrected chi connectivity index (χ1v) is 8.44. The molecule has 1 heterocycles. The van der Waals surface area contributed by atoms with Crippen LogP contribution < -0.4 is 5.32 Å². The van der Waals surface area contributed by atoms with Crippen molar-refractivity contribution in [2.24, 2.45) is 0 Å². The van der Waals surface area contributed by atoms with Gasteiger partial charge in [0.2, 0.25) is 5.91 Å². The van der Waals surface area contributed by atoms with Crippen LogP contribution in [0.3, 0.4) is 0 Å². The molecule has 1 amide bonds. The zero-order valence-electron chi connectivity index (χ0n) is 13.5. The number of para-hydroxylation sites is 1. The zero-order chi connectivity index (χ0) is 17.3. The molecule has 0 atom stereocenters. The van der Waals surface area contributed by atoms with E-state index >= 15 is 0 Å². The third kappa shape index (κ3) is 3.42. The number of hydrogen-bond donors (Lipinski definition) is 2. The summed E-state index contributed by atoms with van der Waals surface area (Å²) in [5, 5.41) is 5.12. The topological polar surface area (TPSA) is 44.9 Å². The van der Waals surface area contributed by atoms with Crippen molar-refractivity contribution in [3.63, 3.8) is 0 Å².